The zero-order valence-corrected chi connectivity index (χ0v) is 17.7. The van der Waals surface area contributed by atoms with Gasteiger partial charge in [0.1, 0.15) is 5.82 Å². The van der Waals surface area contributed by atoms with Crippen LogP contribution in [0.1, 0.15) is 35.2 Å². The lowest BCUT2D eigenvalue weighted by Gasteiger charge is -2.29. The van der Waals surface area contributed by atoms with Crippen LogP contribution in [0.3, 0.4) is 0 Å². The number of nitrogens with two attached hydrogens (primary N) is 1. The Morgan fingerprint density at radius 2 is 2.06 bits per heavy atom. The van der Waals surface area contributed by atoms with Crippen molar-refractivity contribution < 1.29 is 9.53 Å². The lowest BCUT2D eigenvalue weighted by atomic mass is 10.2. The number of aromatic nitrogens is 2. The van der Waals surface area contributed by atoms with Gasteiger partial charge >= 0.3 is 0 Å². The lowest BCUT2D eigenvalue weighted by molar-refractivity contribution is -0.134. The van der Waals surface area contributed by atoms with Crippen LogP contribution in [0.15, 0.2) is 29.4 Å². The quantitative estimate of drug-likeness (QED) is 0.555. The number of hydrogen-bond donors (Lipinski definition) is 2. The van der Waals surface area contributed by atoms with Crippen molar-refractivity contribution in [3.8, 4) is 0 Å². The summed E-state index contributed by atoms with van der Waals surface area (Å²) >= 11 is 0. The first-order chi connectivity index (χ1) is 15.0. The Hall–Kier alpha value is -3.04. The average molecular weight is 422 g/mol. The van der Waals surface area contributed by atoms with Gasteiger partial charge < -0.3 is 20.3 Å². The normalized spacial score (nSPS) is 19.5. The Kier molecular flexibility index (Phi) is 5.07. The van der Waals surface area contributed by atoms with E-state index in [1.165, 1.54) is 5.56 Å². The van der Waals surface area contributed by atoms with E-state index in [1.54, 1.807) is 11.1 Å². The first kappa shape index (κ1) is 19.9. The number of aryl methyl sites for hydroxylation is 1. The Balaban J connectivity index is 1.40. The van der Waals surface area contributed by atoms with Gasteiger partial charge in [0, 0.05) is 18.7 Å². The van der Waals surface area contributed by atoms with Crippen LogP contribution in [-0.4, -0.2) is 58.8 Å². The molecule has 3 aliphatic rings. The van der Waals surface area contributed by atoms with Crippen LogP contribution in [0.4, 0.5) is 11.8 Å². The van der Waals surface area contributed by atoms with Crippen LogP contribution in [0.2, 0.25) is 0 Å². The molecule has 2 fully saturated rings. The highest BCUT2D eigenvalue weighted by Crippen LogP contribution is 2.38. The third kappa shape index (κ3) is 4.11. The number of ether oxygens (including phenoxy) is 1. The number of morpholine rings is 1. The van der Waals surface area contributed by atoms with Gasteiger partial charge in [-0.1, -0.05) is 29.8 Å². The van der Waals surface area contributed by atoms with E-state index in [0.717, 1.165) is 48.6 Å². The summed E-state index contributed by atoms with van der Waals surface area (Å²) in [4.78, 5) is 26.2. The van der Waals surface area contributed by atoms with Gasteiger partial charge in [0.25, 0.3) is 0 Å². The molecule has 2 aliphatic heterocycles. The number of hydrogen-bond acceptors (Lipinski definition) is 8. The summed E-state index contributed by atoms with van der Waals surface area (Å²) in [6.07, 6.45) is 3.25. The van der Waals surface area contributed by atoms with Gasteiger partial charge in [-0.25, -0.2) is 10.4 Å². The molecule has 3 N–H and O–H groups in total. The Morgan fingerprint density at radius 3 is 2.81 bits per heavy atom. The van der Waals surface area contributed by atoms with Crippen LogP contribution < -0.4 is 16.1 Å². The second-order valence-corrected chi connectivity index (χ2v) is 8.50. The molecule has 1 aromatic carbocycles. The van der Waals surface area contributed by atoms with E-state index in [4.69, 9.17) is 15.5 Å². The van der Waals surface area contributed by atoms with Crippen molar-refractivity contribution >= 4 is 23.9 Å². The zero-order chi connectivity index (χ0) is 21.4. The molecule has 0 spiro atoms. The second-order valence-electron chi connectivity index (χ2n) is 8.50. The molecule has 162 valence electrons. The molecule has 1 aliphatic carbocycles. The van der Waals surface area contributed by atoms with E-state index in [-0.39, 0.29) is 5.91 Å². The number of benzene rings is 1. The second kappa shape index (κ2) is 7.90. The van der Waals surface area contributed by atoms with E-state index in [0.29, 0.717) is 32.3 Å². The van der Waals surface area contributed by atoms with Crippen LogP contribution in [0.25, 0.3) is 0 Å². The summed E-state index contributed by atoms with van der Waals surface area (Å²) in [6.45, 7) is 5.80. The Bertz CT molecular complexity index is 1030. The number of hydrazone groups is 1. The van der Waals surface area contributed by atoms with Crippen molar-refractivity contribution in [3.63, 3.8) is 0 Å². The zero-order valence-electron chi connectivity index (χ0n) is 17.7. The molecule has 0 unspecified atom stereocenters. The molecule has 9 heteroatoms. The molecule has 0 radical (unpaired) electrons. The fourth-order valence-corrected chi connectivity index (χ4v) is 4.05. The minimum atomic E-state index is -0.687. The monoisotopic (exact) mass is 421 g/mol. The van der Waals surface area contributed by atoms with Crippen LogP contribution in [-0.2, 0) is 22.6 Å². The molecule has 1 amide bonds. The molecule has 0 atom stereocenters. The number of rotatable bonds is 5. The largest absolute Gasteiger partial charge is 0.378 e. The summed E-state index contributed by atoms with van der Waals surface area (Å²) in [5, 5.41) is 4.32. The molecule has 5 rings (SSSR count). The fraction of sp³-hybridized carbons (Fsp3) is 0.455. The average Bonchev–Trinajstić information content (AvgIpc) is 3.38. The fourth-order valence-electron chi connectivity index (χ4n) is 4.05. The van der Waals surface area contributed by atoms with Gasteiger partial charge in [-0.2, -0.15) is 10.1 Å². The standard InChI is InChI=1S/C22H27N7O2/c1-15-3-2-4-16(11-15)12-24-27-21-25-18-14-29(20(30)22(23)5-6-22)13-17(18)19(26-21)28-7-9-31-10-8-28/h2-4,11-12H,5-10,13-14,23H2,1H3,(H,25,26,27)/b24-12+. The van der Waals surface area contributed by atoms with Crippen molar-refractivity contribution in [2.75, 3.05) is 36.6 Å². The van der Waals surface area contributed by atoms with Gasteiger partial charge in [-0.05, 0) is 25.3 Å². The maximum absolute atomic E-state index is 12.8. The minimum absolute atomic E-state index is 0.00500. The van der Waals surface area contributed by atoms with Gasteiger partial charge in [-0.3, -0.25) is 4.79 Å². The van der Waals surface area contributed by atoms with Crippen LogP contribution in [0.5, 0.6) is 0 Å². The van der Waals surface area contributed by atoms with Crippen LogP contribution >= 0.6 is 0 Å². The van der Waals surface area contributed by atoms with E-state index in [2.05, 4.69) is 26.5 Å². The highest BCUT2D eigenvalue weighted by Gasteiger charge is 2.49. The van der Waals surface area contributed by atoms with Crippen molar-refractivity contribution in [3.05, 3.63) is 46.6 Å². The molecule has 2 aromatic rings. The van der Waals surface area contributed by atoms with Crippen LogP contribution in [0, 0.1) is 6.92 Å². The molecular weight excluding hydrogens is 394 g/mol. The molecule has 1 saturated heterocycles. The number of nitrogens with zero attached hydrogens (tertiary/aromatic N) is 5. The molecule has 9 nitrogen and oxygen atoms in total. The summed E-state index contributed by atoms with van der Waals surface area (Å²) in [5.74, 6) is 1.27. The topological polar surface area (TPSA) is 109 Å². The number of nitrogens with one attached hydrogen (secondary N) is 1. The van der Waals surface area contributed by atoms with Gasteiger partial charge in [0.05, 0.1) is 43.8 Å². The molecular formula is C22H27N7O2. The number of amides is 1. The third-order valence-electron chi connectivity index (χ3n) is 5.99. The Labute approximate surface area is 181 Å². The predicted octanol–water partition coefficient (Wildman–Crippen LogP) is 1.40. The smallest absolute Gasteiger partial charge is 0.245 e. The summed E-state index contributed by atoms with van der Waals surface area (Å²) in [6, 6.07) is 8.08. The predicted molar refractivity (Wildman–Crippen MR) is 118 cm³/mol. The maximum Gasteiger partial charge on any atom is 0.245 e. The van der Waals surface area contributed by atoms with Crippen molar-refractivity contribution in [2.24, 2.45) is 10.8 Å². The summed E-state index contributed by atoms with van der Waals surface area (Å²) in [5.41, 5.74) is 12.5. The number of fused-ring (bicyclic) bond motifs is 1. The first-order valence-corrected chi connectivity index (χ1v) is 10.7. The van der Waals surface area contributed by atoms with E-state index in [9.17, 15) is 4.79 Å². The van der Waals surface area contributed by atoms with Gasteiger partial charge in [0.2, 0.25) is 11.9 Å². The van der Waals surface area contributed by atoms with E-state index in [1.807, 2.05) is 25.1 Å². The molecule has 1 aromatic heterocycles. The molecule has 0 bridgehead atoms. The Morgan fingerprint density at radius 1 is 1.26 bits per heavy atom. The minimum Gasteiger partial charge on any atom is -0.378 e. The third-order valence-corrected chi connectivity index (χ3v) is 5.99. The van der Waals surface area contributed by atoms with Crippen molar-refractivity contribution in [1.29, 1.82) is 0 Å². The number of carbonyl (C=O) groups is 1. The van der Waals surface area contributed by atoms with E-state index >= 15 is 0 Å². The summed E-state index contributed by atoms with van der Waals surface area (Å²) in [7, 11) is 0. The SMILES string of the molecule is Cc1cccc(/C=N/Nc2nc3c(c(N4CCOCC4)n2)CN(C(=O)C2(N)CC2)C3)c1. The van der Waals surface area contributed by atoms with Gasteiger partial charge in [-0.15, -0.1) is 0 Å². The molecule has 1 saturated carbocycles. The molecule has 3 heterocycles. The molecule has 31 heavy (non-hydrogen) atoms. The van der Waals surface area contributed by atoms with E-state index < -0.39 is 5.54 Å². The maximum atomic E-state index is 12.8. The number of anilines is 2. The van der Waals surface area contributed by atoms with Crippen molar-refractivity contribution in [1.82, 2.24) is 14.9 Å². The highest BCUT2D eigenvalue weighted by molar-refractivity contribution is 5.89. The lowest BCUT2D eigenvalue weighted by Crippen LogP contribution is -2.43. The first-order valence-electron chi connectivity index (χ1n) is 10.7. The van der Waals surface area contributed by atoms with Crippen molar-refractivity contribution in [2.45, 2.75) is 38.4 Å². The van der Waals surface area contributed by atoms with Gasteiger partial charge in [0.15, 0.2) is 0 Å². The summed E-state index contributed by atoms with van der Waals surface area (Å²) < 4.78 is 5.50. The highest BCUT2D eigenvalue weighted by atomic mass is 16.5. The number of carbonyl (C=O) groups excluding carboxylic acids is 1.